The molecule has 10 nitrogen and oxygen atoms in total. The first kappa shape index (κ1) is 31.0. The number of carbonyl (C=O) groups is 3. The molecule has 0 bridgehead atoms. The fourth-order valence-electron chi connectivity index (χ4n) is 6.50. The molecule has 0 aromatic heterocycles. The lowest BCUT2D eigenvalue weighted by molar-refractivity contribution is -0.165. The summed E-state index contributed by atoms with van der Waals surface area (Å²) in [6.07, 6.45) is 4.13. The second-order valence-electron chi connectivity index (χ2n) is 12.0. The molecule has 3 N–H and O–H groups in total. The minimum Gasteiger partial charge on any atom is -0.478 e. The van der Waals surface area contributed by atoms with Gasteiger partial charge < -0.3 is 29.9 Å². The first-order valence-electron chi connectivity index (χ1n) is 15.5. The first-order chi connectivity index (χ1) is 20.8. The zero-order valence-electron chi connectivity index (χ0n) is 24.9. The van der Waals surface area contributed by atoms with Crippen molar-refractivity contribution in [2.24, 2.45) is 5.92 Å². The quantitative estimate of drug-likeness (QED) is 0.359. The summed E-state index contributed by atoms with van der Waals surface area (Å²) in [6, 6.07) is 13.2. The molecule has 5 rings (SSSR count). The molecule has 2 amide bonds. The minimum absolute atomic E-state index is 0.142. The number of rotatable bonds is 11. The summed E-state index contributed by atoms with van der Waals surface area (Å²) in [7, 11) is 0. The largest absolute Gasteiger partial charge is 0.478 e. The van der Waals surface area contributed by atoms with Crippen molar-refractivity contribution in [2.45, 2.75) is 76.1 Å². The standard InChI is InChI=1S/C33H43N3O7/c1-2-3-16-36-30(38)29(28(37)21-23-12-19-42-20-13-23)34-32(41)33(36)14-17-35(18-15-33)22-24-4-8-26(9-5-24)43-27-10-6-25(7-11-27)31(39)40/h4-11,23,28-29,37H,2-3,12-22H2,1H3,(H,34,41)(H,39,40)/t28-,29-/m1/s1. The minimum atomic E-state index is -0.979. The molecule has 3 fully saturated rings. The van der Waals surface area contributed by atoms with Crippen LogP contribution in [0, 0.1) is 5.92 Å². The third kappa shape index (κ3) is 7.20. The van der Waals surface area contributed by atoms with E-state index in [9.17, 15) is 19.5 Å². The zero-order chi connectivity index (χ0) is 30.4. The van der Waals surface area contributed by atoms with Gasteiger partial charge in [0.25, 0.3) is 0 Å². The molecular weight excluding hydrogens is 550 g/mol. The van der Waals surface area contributed by atoms with Gasteiger partial charge in [-0.05, 0) is 86.4 Å². The lowest BCUT2D eigenvalue weighted by Gasteiger charge is -2.52. The number of nitrogens with one attached hydrogen (secondary N) is 1. The molecule has 2 atom stereocenters. The van der Waals surface area contributed by atoms with E-state index in [0.717, 1.165) is 31.2 Å². The molecule has 3 aliphatic heterocycles. The number of benzene rings is 2. The van der Waals surface area contributed by atoms with Crippen LogP contribution in [0.5, 0.6) is 11.5 Å². The topological polar surface area (TPSA) is 129 Å². The number of aromatic carboxylic acids is 1. The van der Waals surface area contributed by atoms with Crippen molar-refractivity contribution in [2.75, 3.05) is 32.8 Å². The maximum absolute atomic E-state index is 13.8. The molecule has 10 heteroatoms. The number of piperazine rings is 1. The molecule has 0 saturated carbocycles. The van der Waals surface area contributed by atoms with Gasteiger partial charge in [-0.1, -0.05) is 25.5 Å². The van der Waals surface area contributed by atoms with Crippen molar-refractivity contribution in [1.29, 1.82) is 0 Å². The van der Waals surface area contributed by atoms with Crippen LogP contribution in [0.1, 0.15) is 67.8 Å². The summed E-state index contributed by atoms with van der Waals surface area (Å²) in [5, 5.41) is 23.1. The molecular formula is C33H43N3O7. The Labute approximate surface area is 253 Å². The summed E-state index contributed by atoms with van der Waals surface area (Å²) in [5.41, 5.74) is 0.427. The van der Waals surface area contributed by atoms with E-state index in [0.29, 0.717) is 76.1 Å². The highest BCUT2D eigenvalue weighted by Gasteiger charge is 2.54. The van der Waals surface area contributed by atoms with Crippen molar-refractivity contribution in [1.82, 2.24) is 15.1 Å². The van der Waals surface area contributed by atoms with E-state index in [2.05, 4.69) is 17.1 Å². The Morgan fingerprint density at radius 1 is 1.05 bits per heavy atom. The lowest BCUT2D eigenvalue weighted by atomic mass is 9.80. The maximum atomic E-state index is 13.8. The van der Waals surface area contributed by atoms with E-state index < -0.39 is 23.7 Å². The molecule has 1 spiro atoms. The first-order valence-corrected chi connectivity index (χ1v) is 15.5. The van der Waals surface area contributed by atoms with Crippen LogP contribution in [0.3, 0.4) is 0 Å². The van der Waals surface area contributed by atoms with Crippen LogP contribution in [0.25, 0.3) is 0 Å². The lowest BCUT2D eigenvalue weighted by Crippen LogP contribution is -2.74. The normalized spacial score (nSPS) is 21.9. The van der Waals surface area contributed by atoms with E-state index in [1.54, 1.807) is 17.0 Å². The van der Waals surface area contributed by atoms with Gasteiger partial charge in [0, 0.05) is 39.4 Å². The van der Waals surface area contributed by atoms with Crippen LogP contribution in [0.4, 0.5) is 0 Å². The second-order valence-corrected chi connectivity index (χ2v) is 12.0. The third-order valence-electron chi connectivity index (χ3n) is 9.14. The molecule has 232 valence electrons. The van der Waals surface area contributed by atoms with Gasteiger partial charge in [0.2, 0.25) is 11.8 Å². The van der Waals surface area contributed by atoms with Gasteiger partial charge in [-0.2, -0.15) is 0 Å². The molecule has 3 saturated heterocycles. The maximum Gasteiger partial charge on any atom is 0.335 e. The van der Waals surface area contributed by atoms with Crippen LogP contribution in [-0.2, 0) is 20.9 Å². The molecule has 43 heavy (non-hydrogen) atoms. The Bertz CT molecular complexity index is 1250. The molecule has 0 unspecified atom stereocenters. The second kappa shape index (κ2) is 13.9. The van der Waals surface area contributed by atoms with Gasteiger partial charge in [0.15, 0.2) is 0 Å². The Morgan fingerprint density at radius 3 is 2.28 bits per heavy atom. The van der Waals surface area contributed by atoms with Crippen molar-refractivity contribution in [3.63, 3.8) is 0 Å². The summed E-state index contributed by atoms with van der Waals surface area (Å²) >= 11 is 0. The number of carbonyl (C=O) groups excluding carboxylic acids is 2. The molecule has 2 aromatic carbocycles. The summed E-state index contributed by atoms with van der Waals surface area (Å²) in [4.78, 5) is 42.6. The van der Waals surface area contributed by atoms with Gasteiger partial charge in [-0.15, -0.1) is 0 Å². The average molecular weight is 594 g/mol. The highest BCUT2D eigenvalue weighted by molar-refractivity contribution is 6.00. The molecule has 3 aliphatic rings. The van der Waals surface area contributed by atoms with Gasteiger partial charge in [-0.25, -0.2) is 4.79 Å². The number of carboxylic acid groups (broad SMARTS) is 1. The van der Waals surface area contributed by atoms with Crippen molar-refractivity contribution < 1.29 is 34.1 Å². The SMILES string of the molecule is CCCCN1C(=O)[C@@H]([C@H](O)CC2CCOCC2)NC(=O)C12CCN(Cc1ccc(Oc3ccc(C(=O)O)cc3)cc1)CC2. The Hall–Kier alpha value is -3.47. The fraction of sp³-hybridized carbons (Fsp3) is 0.545. The van der Waals surface area contributed by atoms with Crippen LogP contribution in [-0.4, -0.2) is 88.3 Å². The van der Waals surface area contributed by atoms with E-state index >= 15 is 0 Å². The van der Waals surface area contributed by atoms with Crippen LogP contribution < -0.4 is 10.1 Å². The highest BCUT2D eigenvalue weighted by Crippen LogP contribution is 2.35. The number of hydrogen-bond donors (Lipinski definition) is 3. The number of aliphatic hydroxyl groups is 1. The van der Waals surface area contributed by atoms with E-state index in [1.807, 2.05) is 24.3 Å². The van der Waals surface area contributed by atoms with Gasteiger partial charge in [0.1, 0.15) is 23.1 Å². The van der Waals surface area contributed by atoms with Crippen LogP contribution >= 0.6 is 0 Å². The number of likely N-dealkylation sites (tertiary alicyclic amines) is 1. The van der Waals surface area contributed by atoms with Crippen LogP contribution in [0.2, 0.25) is 0 Å². The Morgan fingerprint density at radius 2 is 1.67 bits per heavy atom. The number of hydrogen-bond acceptors (Lipinski definition) is 7. The van der Waals surface area contributed by atoms with E-state index in [1.165, 1.54) is 12.1 Å². The van der Waals surface area contributed by atoms with Gasteiger partial charge >= 0.3 is 5.97 Å². The predicted molar refractivity (Wildman–Crippen MR) is 160 cm³/mol. The summed E-state index contributed by atoms with van der Waals surface area (Å²) in [6.45, 7) is 6.00. The summed E-state index contributed by atoms with van der Waals surface area (Å²) < 4.78 is 11.3. The van der Waals surface area contributed by atoms with Crippen molar-refractivity contribution in [3.05, 3.63) is 59.7 Å². The van der Waals surface area contributed by atoms with E-state index in [-0.39, 0.29) is 17.4 Å². The van der Waals surface area contributed by atoms with E-state index in [4.69, 9.17) is 14.6 Å². The Kier molecular flexibility index (Phi) is 10.00. The number of carboxylic acids is 1. The zero-order valence-corrected chi connectivity index (χ0v) is 24.9. The van der Waals surface area contributed by atoms with Crippen molar-refractivity contribution >= 4 is 17.8 Å². The highest BCUT2D eigenvalue weighted by atomic mass is 16.5. The molecule has 0 aliphatic carbocycles. The average Bonchev–Trinajstić information content (AvgIpc) is 3.01. The molecule has 3 heterocycles. The third-order valence-corrected chi connectivity index (χ3v) is 9.14. The monoisotopic (exact) mass is 593 g/mol. The molecule has 0 radical (unpaired) electrons. The number of amides is 2. The van der Waals surface area contributed by atoms with Gasteiger partial charge in [-0.3, -0.25) is 14.5 Å². The number of aliphatic hydroxyl groups excluding tert-OH is 1. The van der Waals surface area contributed by atoms with Gasteiger partial charge in [0.05, 0.1) is 11.7 Å². The Balaban J connectivity index is 1.18. The molecule has 2 aromatic rings. The van der Waals surface area contributed by atoms with Crippen LogP contribution in [0.15, 0.2) is 48.5 Å². The smallest absolute Gasteiger partial charge is 0.335 e. The number of piperidine rings is 1. The summed E-state index contributed by atoms with van der Waals surface area (Å²) in [5.74, 6) is 0.231. The number of ether oxygens (including phenoxy) is 2. The number of nitrogens with zero attached hydrogens (tertiary/aromatic N) is 2. The number of unbranched alkanes of at least 4 members (excludes halogenated alkanes) is 1. The fourth-order valence-corrected chi connectivity index (χ4v) is 6.50. The predicted octanol–water partition coefficient (Wildman–Crippen LogP) is 3.82. The van der Waals surface area contributed by atoms with Crippen molar-refractivity contribution in [3.8, 4) is 11.5 Å².